The summed E-state index contributed by atoms with van der Waals surface area (Å²) in [5, 5.41) is 7.48. The van der Waals surface area contributed by atoms with Crippen molar-refractivity contribution in [3.05, 3.63) is 60.2 Å². The van der Waals surface area contributed by atoms with E-state index >= 15 is 0 Å². The highest BCUT2D eigenvalue weighted by Crippen LogP contribution is 2.30. The van der Waals surface area contributed by atoms with Gasteiger partial charge in [0.05, 0.1) is 4.88 Å². The first-order valence-electron chi connectivity index (χ1n) is 8.92. The lowest BCUT2D eigenvalue weighted by Gasteiger charge is -2.22. The maximum atomic E-state index is 13.1. The van der Waals surface area contributed by atoms with E-state index in [1.54, 1.807) is 18.3 Å². The molecular weight excluding hydrogens is 347 g/mol. The van der Waals surface area contributed by atoms with Gasteiger partial charge in [-0.1, -0.05) is 29.5 Å². The average Bonchev–Trinajstić information content (AvgIpc) is 3.12. The lowest BCUT2D eigenvalue weighted by molar-refractivity contribution is 0.370. The quantitative estimate of drug-likeness (QED) is 0.689. The molecule has 1 aliphatic heterocycles. The SMILES string of the molecule is Fc1ccc(-c2cnc(Nc3cccc(CC4CCNCC4)n3)s2)cc1. The van der Waals surface area contributed by atoms with Gasteiger partial charge in [-0.25, -0.2) is 14.4 Å². The molecule has 0 aliphatic carbocycles. The lowest BCUT2D eigenvalue weighted by Crippen LogP contribution is -2.28. The monoisotopic (exact) mass is 368 g/mol. The van der Waals surface area contributed by atoms with Crippen molar-refractivity contribution in [1.82, 2.24) is 15.3 Å². The Balaban J connectivity index is 1.44. The fourth-order valence-electron chi connectivity index (χ4n) is 3.23. The Morgan fingerprint density at radius 1 is 1.12 bits per heavy atom. The molecule has 0 unspecified atom stereocenters. The molecule has 3 heterocycles. The van der Waals surface area contributed by atoms with E-state index < -0.39 is 0 Å². The van der Waals surface area contributed by atoms with Crippen LogP contribution in [0.3, 0.4) is 0 Å². The number of benzene rings is 1. The minimum absolute atomic E-state index is 0.230. The highest BCUT2D eigenvalue weighted by Gasteiger charge is 2.14. The van der Waals surface area contributed by atoms with E-state index in [0.29, 0.717) is 5.92 Å². The van der Waals surface area contributed by atoms with E-state index in [0.717, 1.165) is 46.6 Å². The molecule has 2 N–H and O–H groups in total. The van der Waals surface area contributed by atoms with Gasteiger partial charge in [0.2, 0.25) is 0 Å². The van der Waals surface area contributed by atoms with Crippen LogP contribution in [0.4, 0.5) is 15.3 Å². The second kappa shape index (κ2) is 7.93. The van der Waals surface area contributed by atoms with Crippen molar-refractivity contribution in [2.45, 2.75) is 19.3 Å². The van der Waals surface area contributed by atoms with Gasteiger partial charge in [-0.05, 0) is 68.1 Å². The highest BCUT2D eigenvalue weighted by atomic mass is 32.1. The summed E-state index contributed by atoms with van der Waals surface area (Å²) >= 11 is 1.54. The van der Waals surface area contributed by atoms with E-state index in [-0.39, 0.29) is 5.82 Å². The second-order valence-corrected chi connectivity index (χ2v) is 7.60. The Bertz CT molecular complexity index is 856. The minimum Gasteiger partial charge on any atom is -0.317 e. The predicted molar refractivity (Wildman–Crippen MR) is 104 cm³/mol. The number of rotatable bonds is 5. The summed E-state index contributed by atoms with van der Waals surface area (Å²) in [6.07, 6.45) is 5.26. The number of aromatic nitrogens is 2. The Morgan fingerprint density at radius 2 is 1.92 bits per heavy atom. The number of anilines is 2. The van der Waals surface area contributed by atoms with Crippen molar-refractivity contribution in [3.8, 4) is 10.4 Å². The summed E-state index contributed by atoms with van der Waals surface area (Å²) in [5.41, 5.74) is 2.08. The van der Waals surface area contributed by atoms with Gasteiger partial charge < -0.3 is 10.6 Å². The molecule has 0 spiro atoms. The van der Waals surface area contributed by atoms with Crippen LogP contribution in [-0.2, 0) is 6.42 Å². The first-order valence-corrected chi connectivity index (χ1v) is 9.73. The van der Waals surface area contributed by atoms with Gasteiger partial charge in [0, 0.05) is 11.9 Å². The number of halogens is 1. The Hall–Kier alpha value is -2.31. The minimum atomic E-state index is -0.230. The topological polar surface area (TPSA) is 49.8 Å². The predicted octanol–water partition coefficient (Wildman–Crippen LogP) is 4.63. The molecule has 0 radical (unpaired) electrons. The van der Waals surface area contributed by atoms with Gasteiger partial charge in [-0.15, -0.1) is 0 Å². The number of pyridine rings is 1. The van der Waals surface area contributed by atoms with Crippen molar-refractivity contribution in [2.75, 3.05) is 18.4 Å². The largest absolute Gasteiger partial charge is 0.317 e. The maximum Gasteiger partial charge on any atom is 0.188 e. The summed E-state index contributed by atoms with van der Waals surface area (Å²) < 4.78 is 13.1. The molecule has 134 valence electrons. The molecule has 6 heteroatoms. The number of piperidine rings is 1. The summed E-state index contributed by atoms with van der Waals surface area (Å²) in [6, 6.07) is 12.6. The fraction of sp³-hybridized carbons (Fsp3) is 0.300. The summed E-state index contributed by atoms with van der Waals surface area (Å²) in [7, 11) is 0. The second-order valence-electron chi connectivity index (χ2n) is 6.57. The van der Waals surface area contributed by atoms with E-state index in [2.05, 4.69) is 21.7 Å². The molecule has 0 amide bonds. The Morgan fingerprint density at radius 3 is 2.73 bits per heavy atom. The molecule has 4 nitrogen and oxygen atoms in total. The number of hydrogen-bond donors (Lipinski definition) is 2. The molecule has 1 aromatic carbocycles. The molecule has 1 saturated heterocycles. The zero-order valence-corrected chi connectivity index (χ0v) is 15.2. The Kier molecular flexibility index (Phi) is 5.22. The molecule has 4 rings (SSSR count). The molecule has 2 aromatic heterocycles. The summed E-state index contributed by atoms with van der Waals surface area (Å²) in [6.45, 7) is 2.21. The summed E-state index contributed by atoms with van der Waals surface area (Å²) in [5.74, 6) is 1.30. The third kappa shape index (κ3) is 4.26. The molecule has 0 bridgehead atoms. The van der Waals surface area contributed by atoms with Crippen LogP contribution >= 0.6 is 11.3 Å². The van der Waals surface area contributed by atoms with Crippen LogP contribution in [0.5, 0.6) is 0 Å². The van der Waals surface area contributed by atoms with Crippen LogP contribution < -0.4 is 10.6 Å². The van der Waals surface area contributed by atoms with E-state index in [9.17, 15) is 4.39 Å². The van der Waals surface area contributed by atoms with Crippen LogP contribution in [0.1, 0.15) is 18.5 Å². The van der Waals surface area contributed by atoms with Crippen LogP contribution in [0.2, 0.25) is 0 Å². The van der Waals surface area contributed by atoms with Gasteiger partial charge >= 0.3 is 0 Å². The van der Waals surface area contributed by atoms with Crippen molar-refractivity contribution in [3.63, 3.8) is 0 Å². The van der Waals surface area contributed by atoms with Crippen molar-refractivity contribution >= 4 is 22.3 Å². The third-order valence-corrected chi connectivity index (χ3v) is 5.59. The van der Waals surface area contributed by atoms with Crippen LogP contribution in [-0.4, -0.2) is 23.1 Å². The zero-order valence-electron chi connectivity index (χ0n) is 14.4. The van der Waals surface area contributed by atoms with Gasteiger partial charge in [-0.2, -0.15) is 0 Å². The van der Waals surface area contributed by atoms with Crippen LogP contribution in [0, 0.1) is 11.7 Å². The molecule has 26 heavy (non-hydrogen) atoms. The first-order chi connectivity index (χ1) is 12.8. The average molecular weight is 368 g/mol. The zero-order chi connectivity index (χ0) is 17.8. The smallest absolute Gasteiger partial charge is 0.188 e. The molecule has 0 saturated carbocycles. The molecule has 1 aliphatic rings. The highest BCUT2D eigenvalue weighted by molar-refractivity contribution is 7.18. The Labute approximate surface area is 156 Å². The van der Waals surface area contributed by atoms with Gasteiger partial charge in [-0.3, -0.25) is 0 Å². The number of nitrogens with zero attached hydrogens (tertiary/aromatic N) is 2. The van der Waals surface area contributed by atoms with Gasteiger partial charge in [0.1, 0.15) is 11.6 Å². The van der Waals surface area contributed by atoms with Crippen molar-refractivity contribution in [2.24, 2.45) is 5.92 Å². The molecular formula is C20H21FN4S. The molecule has 0 atom stereocenters. The van der Waals surface area contributed by atoms with Gasteiger partial charge in [0.15, 0.2) is 5.13 Å². The van der Waals surface area contributed by atoms with Crippen LogP contribution in [0.25, 0.3) is 10.4 Å². The number of thiazole rings is 1. The van der Waals surface area contributed by atoms with Gasteiger partial charge in [0.25, 0.3) is 0 Å². The summed E-state index contributed by atoms with van der Waals surface area (Å²) in [4.78, 5) is 10.2. The van der Waals surface area contributed by atoms with E-state index in [1.165, 1.54) is 36.3 Å². The standard InChI is InChI=1S/C20H21FN4S/c21-16-6-4-15(5-7-16)18-13-23-20(26-18)25-19-3-1-2-17(24-19)12-14-8-10-22-11-9-14/h1-7,13-14,22H,8-12H2,(H,23,24,25). The number of hydrogen-bond acceptors (Lipinski definition) is 5. The fourth-order valence-corrected chi connectivity index (χ4v) is 4.06. The van der Waals surface area contributed by atoms with Crippen LogP contribution in [0.15, 0.2) is 48.7 Å². The maximum absolute atomic E-state index is 13.1. The van der Waals surface area contributed by atoms with E-state index in [4.69, 9.17) is 4.98 Å². The number of nitrogens with one attached hydrogen (secondary N) is 2. The van der Waals surface area contributed by atoms with Crippen molar-refractivity contribution < 1.29 is 4.39 Å². The van der Waals surface area contributed by atoms with Crippen molar-refractivity contribution in [1.29, 1.82) is 0 Å². The van der Waals surface area contributed by atoms with E-state index in [1.807, 2.05) is 12.1 Å². The normalized spacial score (nSPS) is 15.1. The first kappa shape index (κ1) is 17.1. The third-order valence-electron chi connectivity index (χ3n) is 4.63. The lowest BCUT2D eigenvalue weighted by atomic mass is 9.93. The molecule has 1 fully saturated rings. The molecule has 3 aromatic rings.